The molecule has 1 aromatic rings. The van der Waals surface area contributed by atoms with Gasteiger partial charge in [0.1, 0.15) is 0 Å². The van der Waals surface area contributed by atoms with Crippen molar-refractivity contribution in [2.45, 2.75) is 25.6 Å². The minimum atomic E-state index is -4.23. The van der Waals surface area contributed by atoms with Crippen LogP contribution in [-0.4, -0.2) is 6.18 Å². The van der Waals surface area contributed by atoms with Crippen molar-refractivity contribution in [3.63, 3.8) is 0 Å². The largest absolute Gasteiger partial charge is 0.390 e. The van der Waals surface area contributed by atoms with Crippen molar-refractivity contribution in [2.75, 3.05) is 0 Å². The van der Waals surface area contributed by atoms with Gasteiger partial charge in [-0.2, -0.15) is 13.2 Å². The van der Waals surface area contributed by atoms with Gasteiger partial charge in [0.05, 0.1) is 6.42 Å². The van der Waals surface area contributed by atoms with Crippen LogP contribution in [-0.2, 0) is 0 Å². The molecule has 0 fully saturated rings. The van der Waals surface area contributed by atoms with Crippen molar-refractivity contribution in [3.05, 3.63) is 33.8 Å². The number of nitrogens with two attached hydrogens (primary N) is 1. The summed E-state index contributed by atoms with van der Waals surface area (Å²) >= 11 is 3.26. The van der Waals surface area contributed by atoms with Crippen LogP contribution < -0.4 is 5.73 Å². The van der Waals surface area contributed by atoms with Crippen LogP contribution in [0.5, 0.6) is 0 Å². The van der Waals surface area contributed by atoms with Crippen LogP contribution in [0.3, 0.4) is 0 Å². The topological polar surface area (TPSA) is 26.0 Å². The number of hydrogen-bond donors (Lipinski definition) is 1. The fourth-order valence-electron chi connectivity index (χ4n) is 1.21. The molecule has 1 atom stereocenters. The number of rotatable bonds is 2. The zero-order valence-corrected chi connectivity index (χ0v) is 10.9. The van der Waals surface area contributed by atoms with E-state index in [1.807, 2.05) is 6.92 Å². The molecule has 0 aliphatic rings. The molecule has 0 spiro atoms. The zero-order valence-electron chi connectivity index (χ0n) is 8.51. The number of benzene rings is 1. The first kappa shape index (κ1) is 15.7. The van der Waals surface area contributed by atoms with Crippen LogP contribution in [0.4, 0.5) is 13.2 Å². The van der Waals surface area contributed by atoms with Crippen molar-refractivity contribution >= 4 is 28.3 Å². The van der Waals surface area contributed by atoms with Crippen molar-refractivity contribution < 1.29 is 13.2 Å². The molecule has 0 heterocycles. The van der Waals surface area contributed by atoms with Gasteiger partial charge in [-0.1, -0.05) is 28.1 Å². The molecule has 16 heavy (non-hydrogen) atoms. The van der Waals surface area contributed by atoms with E-state index in [1.54, 1.807) is 18.2 Å². The lowest BCUT2D eigenvalue weighted by Crippen LogP contribution is -2.20. The molecule has 0 bridgehead atoms. The van der Waals surface area contributed by atoms with E-state index >= 15 is 0 Å². The Morgan fingerprint density at radius 3 is 2.38 bits per heavy atom. The van der Waals surface area contributed by atoms with Gasteiger partial charge in [0, 0.05) is 10.5 Å². The molecule has 1 rings (SSSR count). The lowest BCUT2D eigenvalue weighted by atomic mass is 10.0. The number of hydrogen-bond acceptors (Lipinski definition) is 1. The highest BCUT2D eigenvalue weighted by atomic mass is 79.9. The Morgan fingerprint density at radius 1 is 1.38 bits per heavy atom. The van der Waals surface area contributed by atoms with Crippen molar-refractivity contribution in [3.8, 4) is 0 Å². The molecule has 0 aliphatic carbocycles. The maximum Gasteiger partial charge on any atom is 0.390 e. The van der Waals surface area contributed by atoms with Gasteiger partial charge in [0.15, 0.2) is 0 Å². The minimum Gasteiger partial charge on any atom is -0.324 e. The van der Waals surface area contributed by atoms with Crippen LogP contribution in [0.2, 0.25) is 0 Å². The smallest absolute Gasteiger partial charge is 0.324 e. The Bertz CT molecular complexity index is 354. The quantitative estimate of drug-likeness (QED) is 0.871. The van der Waals surface area contributed by atoms with Crippen LogP contribution in [0, 0.1) is 6.92 Å². The molecular weight excluding hydrogens is 306 g/mol. The summed E-state index contributed by atoms with van der Waals surface area (Å²) in [4.78, 5) is 0. The Hall–Kier alpha value is -0.260. The van der Waals surface area contributed by atoms with E-state index in [0.717, 1.165) is 10.0 Å². The van der Waals surface area contributed by atoms with Gasteiger partial charge < -0.3 is 5.73 Å². The third-order valence-corrected chi connectivity index (χ3v) is 2.93. The second-order valence-corrected chi connectivity index (χ2v) is 4.29. The van der Waals surface area contributed by atoms with Crippen molar-refractivity contribution in [2.24, 2.45) is 5.73 Å². The highest BCUT2D eigenvalue weighted by Gasteiger charge is 2.30. The fraction of sp³-hybridized carbons (Fsp3) is 0.400. The maximum absolute atomic E-state index is 12.1. The molecule has 0 amide bonds. The normalized spacial score (nSPS) is 13.1. The molecule has 1 aromatic carbocycles. The highest BCUT2D eigenvalue weighted by Crippen LogP contribution is 2.29. The van der Waals surface area contributed by atoms with Crippen LogP contribution in [0.25, 0.3) is 0 Å². The predicted molar refractivity (Wildman–Crippen MR) is 63.7 cm³/mol. The van der Waals surface area contributed by atoms with Gasteiger partial charge in [-0.3, -0.25) is 0 Å². The molecule has 0 radical (unpaired) electrons. The van der Waals surface area contributed by atoms with Gasteiger partial charge in [-0.15, -0.1) is 12.4 Å². The monoisotopic (exact) mass is 317 g/mol. The molecule has 6 heteroatoms. The number of aryl methyl sites for hydroxylation is 1. The average molecular weight is 319 g/mol. The maximum atomic E-state index is 12.1. The molecule has 2 N–H and O–H groups in total. The van der Waals surface area contributed by atoms with Crippen LogP contribution in [0.1, 0.15) is 23.6 Å². The van der Waals surface area contributed by atoms with E-state index in [1.165, 1.54) is 0 Å². The standard InChI is InChI=1S/C10H11BrF3N.ClH/c1-6-2-3-7(4-8(6)11)9(15)5-10(12,13)14;/h2-4,9H,5,15H2,1H3;1H/t9-;/m1./s1. The summed E-state index contributed by atoms with van der Waals surface area (Å²) < 4.78 is 37.0. The highest BCUT2D eigenvalue weighted by molar-refractivity contribution is 9.10. The Labute approximate surface area is 107 Å². The molecule has 0 aromatic heterocycles. The summed E-state index contributed by atoms with van der Waals surface area (Å²) in [6.07, 6.45) is -5.22. The lowest BCUT2D eigenvalue weighted by Gasteiger charge is -2.15. The zero-order chi connectivity index (χ0) is 11.6. The molecular formula is C10H12BrClF3N. The van der Waals surface area contributed by atoms with E-state index < -0.39 is 18.6 Å². The van der Waals surface area contributed by atoms with E-state index in [2.05, 4.69) is 15.9 Å². The first-order chi connectivity index (χ1) is 6.79. The summed E-state index contributed by atoms with van der Waals surface area (Å²) in [5.74, 6) is 0. The van der Waals surface area contributed by atoms with Gasteiger partial charge in [-0.25, -0.2) is 0 Å². The number of halogens is 5. The third-order valence-electron chi connectivity index (χ3n) is 2.08. The van der Waals surface area contributed by atoms with Gasteiger partial charge >= 0.3 is 6.18 Å². The van der Waals surface area contributed by atoms with Crippen molar-refractivity contribution in [1.82, 2.24) is 0 Å². The van der Waals surface area contributed by atoms with Gasteiger partial charge in [-0.05, 0) is 24.1 Å². The molecule has 0 unspecified atom stereocenters. The Kier molecular flexibility index (Phi) is 5.79. The Morgan fingerprint density at radius 2 is 1.94 bits per heavy atom. The fourth-order valence-corrected chi connectivity index (χ4v) is 1.60. The lowest BCUT2D eigenvalue weighted by molar-refractivity contribution is -0.138. The second kappa shape index (κ2) is 5.89. The molecule has 0 saturated heterocycles. The van der Waals surface area contributed by atoms with E-state index in [-0.39, 0.29) is 12.4 Å². The average Bonchev–Trinajstić information content (AvgIpc) is 2.06. The second-order valence-electron chi connectivity index (χ2n) is 3.43. The van der Waals surface area contributed by atoms with Crippen LogP contribution >= 0.6 is 28.3 Å². The first-order valence-electron chi connectivity index (χ1n) is 4.38. The summed E-state index contributed by atoms with van der Waals surface area (Å²) in [6.45, 7) is 1.86. The van der Waals surface area contributed by atoms with E-state index in [4.69, 9.17) is 5.73 Å². The minimum absolute atomic E-state index is 0. The molecule has 92 valence electrons. The van der Waals surface area contributed by atoms with E-state index in [0.29, 0.717) is 5.56 Å². The third kappa shape index (κ3) is 4.72. The summed E-state index contributed by atoms with van der Waals surface area (Å²) in [5.41, 5.74) is 6.92. The molecule has 0 saturated carbocycles. The summed E-state index contributed by atoms with van der Waals surface area (Å²) in [7, 11) is 0. The van der Waals surface area contributed by atoms with Gasteiger partial charge in [0.2, 0.25) is 0 Å². The summed E-state index contributed by atoms with van der Waals surface area (Å²) in [5, 5.41) is 0. The predicted octanol–water partition coefficient (Wildman–Crippen LogP) is 4.13. The first-order valence-corrected chi connectivity index (χ1v) is 5.17. The number of alkyl halides is 3. The van der Waals surface area contributed by atoms with Crippen LogP contribution in [0.15, 0.2) is 22.7 Å². The SMILES string of the molecule is Cc1ccc([C@H](N)CC(F)(F)F)cc1Br.Cl. The molecule has 1 nitrogen and oxygen atoms in total. The van der Waals surface area contributed by atoms with Crippen molar-refractivity contribution in [1.29, 1.82) is 0 Å². The van der Waals surface area contributed by atoms with Gasteiger partial charge in [0.25, 0.3) is 0 Å². The molecule has 0 aliphatic heterocycles. The summed E-state index contributed by atoms with van der Waals surface area (Å²) in [6, 6.07) is 4.00. The Balaban J connectivity index is 0.00000225. The van der Waals surface area contributed by atoms with E-state index in [9.17, 15) is 13.2 Å².